The van der Waals surface area contributed by atoms with Crippen molar-refractivity contribution in [3.05, 3.63) is 5.69 Å². The number of anilines is 2. The van der Waals surface area contributed by atoms with Crippen LogP contribution in [-0.2, 0) is 18.2 Å². The molecule has 0 aliphatic heterocycles. The Kier molecular flexibility index (Phi) is 3.96. The Balaban J connectivity index is 2.80. The highest BCUT2D eigenvalue weighted by Gasteiger charge is 2.13. The Hall–Kier alpha value is -1.23. The van der Waals surface area contributed by atoms with Crippen molar-refractivity contribution in [2.75, 3.05) is 24.8 Å². The van der Waals surface area contributed by atoms with Crippen LogP contribution in [0.2, 0.25) is 0 Å². The SMILES string of the molecule is CCc1nn(C)c(NC(C)COC)c1N. The summed E-state index contributed by atoms with van der Waals surface area (Å²) in [5, 5.41) is 7.61. The van der Waals surface area contributed by atoms with Crippen LogP contribution >= 0.6 is 0 Å². The maximum atomic E-state index is 5.97. The summed E-state index contributed by atoms with van der Waals surface area (Å²) in [5.41, 5.74) is 7.65. The third kappa shape index (κ3) is 2.62. The highest BCUT2D eigenvalue weighted by atomic mass is 16.5. The van der Waals surface area contributed by atoms with Crippen molar-refractivity contribution >= 4 is 11.5 Å². The van der Waals surface area contributed by atoms with Crippen molar-refractivity contribution in [2.45, 2.75) is 26.3 Å². The second-order valence-electron chi connectivity index (χ2n) is 3.69. The minimum Gasteiger partial charge on any atom is -0.394 e. The number of nitrogens with one attached hydrogen (secondary N) is 1. The molecule has 86 valence electrons. The molecule has 0 saturated carbocycles. The summed E-state index contributed by atoms with van der Waals surface area (Å²) in [6, 6.07) is 0.220. The van der Waals surface area contributed by atoms with Gasteiger partial charge in [-0.05, 0) is 13.3 Å². The molecule has 1 aromatic rings. The standard InChI is InChI=1S/C10H20N4O/c1-5-8-9(11)10(14(3)13-8)12-7(2)6-15-4/h7,12H,5-6,11H2,1-4H3. The summed E-state index contributed by atoms with van der Waals surface area (Å²) in [7, 11) is 3.57. The number of aryl methyl sites for hydroxylation is 2. The average Bonchev–Trinajstić information content (AvgIpc) is 2.45. The molecule has 0 aliphatic rings. The van der Waals surface area contributed by atoms with Crippen LogP contribution in [0.1, 0.15) is 19.5 Å². The zero-order valence-corrected chi connectivity index (χ0v) is 9.87. The molecule has 0 saturated heterocycles. The van der Waals surface area contributed by atoms with Gasteiger partial charge in [0.15, 0.2) is 0 Å². The molecule has 1 rings (SSSR count). The highest BCUT2D eigenvalue weighted by molar-refractivity contribution is 5.65. The summed E-state index contributed by atoms with van der Waals surface area (Å²) in [6.45, 7) is 4.73. The lowest BCUT2D eigenvalue weighted by Gasteiger charge is -2.14. The van der Waals surface area contributed by atoms with Crippen LogP contribution in [0.15, 0.2) is 0 Å². The molecule has 0 spiro atoms. The van der Waals surface area contributed by atoms with E-state index in [2.05, 4.69) is 10.4 Å². The van der Waals surface area contributed by atoms with E-state index in [1.807, 2.05) is 20.9 Å². The monoisotopic (exact) mass is 212 g/mol. The van der Waals surface area contributed by atoms with E-state index in [4.69, 9.17) is 10.5 Å². The zero-order chi connectivity index (χ0) is 11.4. The molecule has 5 heteroatoms. The number of aromatic nitrogens is 2. The fourth-order valence-corrected chi connectivity index (χ4v) is 1.55. The maximum Gasteiger partial charge on any atom is 0.148 e. The van der Waals surface area contributed by atoms with Crippen molar-refractivity contribution in [2.24, 2.45) is 7.05 Å². The number of nitrogens with two attached hydrogens (primary N) is 1. The number of nitrogen functional groups attached to an aromatic ring is 1. The van der Waals surface area contributed by atoms with Gasteiger partial charge in [0.2, 0.25) is 0 Å². The molecule has 0 aromatic carbocycles. The van der Waals surface area contributed by atoms with E-state index in [0.29, 0.717) is 6.61 Å². The lowest BCUT2D eigenvalue weighted by atomic mass is 10.3. The quantitative estimate of drug-likeness (QED) is 0.764. The summed E-state index contributed by atoms with van der Waals surface area (Å²) >= 11 is 0. The van der Waals surface area contributed by atoms with E-state index in [0.717, 1.165) is 23.6 Å². The van der Waals surface area contributed by atoms with Gasteiger partial charge < -0.3 is 15.8 Å². The van der Waals surface area contributed by atoms with E-state index in [-0.39, 0.29) is 6.04 Å². The fraction of sp³-hybridized carbons (Fsp3) is 0.700. The van der Waals surface area contributed by atoms with Crippen LogP contribution in [0.5, 0.6) is 0 Å². The molecular weight excluding hydrogens is 192 g/mol. The lowest BCUT2D eigenvalue weighted by Crippen LogP contribution is -2.22. The zero-order valence-electron chi connectivity index (χ0n) is 9.87. The first-order valence-electron chi connectivity index (χ1n) is 5.16. The molecule has 15 heavy (non-hydrogen) atoms. The molecular formula is C10H20N4O. The molecule has 0 bridgehead atoms. The van der Waals surface area contributed by atoms with Gasteiger partial charge in [-0.3, -0.25) is 4.68 Å². The van der Waals surface area contributed by atoms with Gasteiger partial charge in [-0.2, -0.15) is 5.10 Å². The molecule has 3 N–H and O–H groups in total. The molecule has 0 radical (unpaired) electrons. The molecule has 5 nitrogen and oxygen atoms in total. The number of methoxy groups -OCH3 is 1. The number of ether oxygens (including phenoxy) is 1. The third-order valence-electron chi connectivity index (χ3n) is 2.30. The summed E-state index contributed by atoms with van der Waals surface area (Å²) in [6.07, 6.45) is 0.847. The van der Waals surface area contributed by atoms with Crippen LogP contribution in [-0.4, -0.2) is 29.5 Å². The minimum absolute atomic E-state index is 0.220. The van der Waals surface area contributed by atoms with E-state index in [1.165, 1.54) is 0 Å². The molecule has 0 fully saturated rings. The summed E-state index contributed by atoms with van der Waals surface area (Å²) in [5.74, 6) is 0.872. The molecule has 1 aromatic heterocycles. The number of hydrogen-bond donors (Lipinski definition) is 2. The molecule has 1 atom stereocenters. The molecule has 0 aliphatic carbocycles. The Morgan fingerprint density at radius 3 is 2.73 bits per heavy atom. The first kappa shape index (κ1) is 11.8. The van der Waals surface area contributed by atoms with Gasteiger partial charge in [0.05, 0.1) is 18.0 Å². The molecule has 1 unspecified atom stereocenters. The number of rotatable bonds is 5. The van der Waals surface area contributed by atoms with E-state index >= 15 is 0 Å². The van der Waals surface area contributed by atoms with Gasteiger partial charge in [0.1, 0.15) is 5.82 Å². The van der Waals surface area contributed by atoms with E-state index in [9.17, 15) is 0 Å². The first-order valence-corrected chi connectivity index (χ1v) is 5.16. The third-order valence-corrected chi connectivity index (χ3v) is 2.30. The second-order valence-corrected chi connectivity index (χ2v) is 3.69. The van der Waals surface area contributed by atoms with Crippen LogP contribution in [0.3, 0.4) is 0 Å². The van der Waals surface area contributed by atoms with Crippen molar-refractivity contribution in [1.29, 1.82) is 0 Å². The topological polar surface area (TPSA) is 65.1 Å². The maximum absolute atomic E-state index is 5.97. The van der Waals surface area contributed by atoms with Gasteiger partial charge in [-0.1, -0.05) is 6.92 Å². The van der Waals surface area contributed by atoms with Crippen molar-refractivity contribution in [1.82, 2.24) is 9.78 Å². The van der Waals surface area contributed by atoms with Crippen LogP contribution in [0.4, 0.5) is 11.5 Å². The number of hydrogen-bond acceptors (Lipinski definition) is 4. The highest BCUT2D eigenvalue weighted by Crippen LogP contribution is 2.22. The van der Waals surface area contributed by atoms with Crippen molar-refractivity contribution in [3.8, 4) is 0 Å². The van der Waals surface area contributed by atoms with Crippen molar-refractivity contribution in [3.63, 3.8) is 0 Å². The Morgan fingerprint density at radius 1 is 1.60 bits per heavy atom. The second kappa shape index (κ2) is 5.02. The van der Waals surface area contributed by atoms with Gasteiger partial charge in [0, 0.05) is 20.2 Å². The normalized spacial score (nSPS) is 12.8. The first-order chi connectivity index (χ1) is 7.10. The number of nitrogens with zero attached hydrogens (tertiary/aromatic N) is 2. The largest absolute Gasteiger partial charge is 0.394 e. The Labute approximate surface area is 90.6 Å². The Bertz CT molecular complexity index is 321. The lowest BCUT2D eigenvalue weighted by molar-refractivity contribution is 0.190. The predicted octanol–water partition coefficient (Wildman–Crippen LogP) is 1.01. The van der Waals surface area contributed by atoms with Gasteiger partial charge in [0.25, 0.3) is 0 Å². The minimum atomic E-state index is 0.220. The molecule has 1 heterocycles. The van der Waals surface area contributed by atoms with Crippen molar-refractivity contribution < 1.29 is 4.74 Å². The smallest absolute Gasteiger partial charge is 0.148 e. The molecule has 0 amide bonds. The summed E-state index contributed by atoms with van der Waals surface area (Å²) in [4.78, 5) is 0. The predicted molar refractivity (Wildman–Crippen MR) is 62.0 cm³/mol. The van der Waals surface area contributed by atoms with Gasteiger partial charge in [-0.25, -0.2) is 0 Å². The van der Waals surface area contributed by atoms with Crippen LogP contribution in [0, 0.1) is 0 Å². The van der Waals surface area contributed by atoms with Crippen LogP contribution < -0.4 is 11.1 Å². The van der Waals surface area contributed by atoms with E-state index < -0.39 is 0 Å². The van der Waals surface area contributed by atoms with Gasteiger partial charge in [-0.15, -0.1) is 0 Å². The fourth-order valence-electron chi connectivity index (χ4n) is 1.55. The van der Waals surface area contributed by atoms with Gasteiger partial charge >= 0.3 is 0 Å². The summed E-state index contributed by atoms with van der Waals surface area (Å²) < 4.78 is 6.83. The average molecular weight is 212 g/mol. The Morgan fingerprint density at radius 2 is 2.27 bits per heavy atom. The van der Waals surface area contributed by atoms with Crippen LogP contribution in [0.25, 0.3) is 0 Å². The van der Waals surface area contributed by atoms with E-state index in [1.54, 1.807) is 11.8 Å².